The van der Waals surface area contributed by atoms with E-state index in [0.29, 0.717) is 22.2 Å². The summed E-state index contributed by atoms with van der Waals surface area (Å²) in [5.41, 5.74) is 1.97. The molecule has 4 aromatic rings. The number of hydrogen-bond donors (Lipinski definition) is 1. The van der Waals surface area contributed by atoms with Gasteiger partial charge < -0.3 is 14.6 Å². The number of nitrogens with one attached hydrogen (secondary N) is 1. The number of para-hydroxylation sites is 3. The van der Waals surface area contributed by atoms with Crippen LogP contribution in [-0.2, 0) is 17.9 Å². The lowest BCUT2D eigenvalue weighted by molar-refractivity contribution is -0.123. The molecule has 0 atom stereocenters. The van der Waals surface area contributed by atoms with Gasteiger partial charge in [0.2, 0.25) is 0 Å². The first-order chi connectivity index (χ1) is 14.6. The summed E-state index contributed by atoms with van der Waals surface area (Å²) < 4.78 is 21.7. The average Bonchev–Trinajstić information content (AvgIpc) is 3.11. The second-order valence-corrected chi connectivity index (χ2v) is 7.09. The summed E-state index contributed by atoms with van der Waals surface area (Å²) >= 11 is 6.22. The van der Waals surface area contributed by atoms with Gasteiger partial charge in [0, 0.05) is 10.6 Å². The number of nitrogens with zero attached hydrogens (tertiary/aromatic N) is 2. The topological polar surface area (TPSA) is 56.1 Å². The van der Waals surface area contributed by atoms with Gasteiger partial charge in [0.25, 0.3) is 5.91 Å². The van der Waals surface area contributed by atoms with Crippen molar-refractivity contribution in [1.29, 1.82) is 0 Å². The molecule has 1 N–H and O–H groups in total. The number of halogens is 2. The molecule has 0 aliphatic heterocycles. The van der Waals surface area contributed by atoms with Crippen LogP contribution < -0.4 is 10.1 Å². The third-order valence-electron chi connectivity index (χ3n) is 4.67. The molecule has 0 radical (unpaired) electrons. The molecule has 0 spiro atoms. The average molecular weight is 424 g/mol. The van der Waals surface area contributed by atoms with Crippen molar-refractivity contribution in [3.8, 4) is 5.75 Å². The van der Waals surface area contributed by atoms with Crippen molar-refractivity contribution in [2.45, 2.75) is 13.1 Å². The van der Waals surface area contributed by atoms with Gasteiger partial charge in [-0.15, -0.1) is 0 Å². The summed E-state index contributed by atoms with van der Waals surface area (Å²) in [6.07, 6.45) is 0. The highest BCUT2D eigenvalue weighted by molar-refractivity contribution is 6.31. The minimum absolute atomic E-state index is 0.108. The van der Waals surface area contributed by atoms with E-state index in [0.717, 1.165) is 11.0 Å². The van der Waals surface area contributed by atoms with E-state index >= 15 is 0 Å². The molecule has 3 aromatic carbocycles. The standard InChI is InChI=1S/C23H19ClFN3O2/c24-18-9-6-10-19(25)17(18)14-28-21-12-5-4-11-20(21)27-22(28)13-26-23(29)15-30-16-7-2-1-3-8-16/h1-12H,13-15H2,(H,26,29). The van der Waals surface area contributed by atoms with Crippen LogP contribution in [0.2, 0.25) is 5.02 Å². The molecule has 5 nitrogen and oxygen atoms in total. The Morgan fingerprint density at radius 2 is 1.80 bits per heavy atom. The van der Waals surface area contributed by atoms with E-state index in [-0.39, 0.29) is 31.4 Å². The quantitative estimate of drug-likeness (QED) is 0.473. The Labute approximate surface area is 178 Å². The van der Waals surface area contributed by atoms with Gasteiger partial charge in [0.15, 0.2) is 6.61 Å². The molecule has 7 heteroatoms. The molecule has 0 aliphatic carbocycles. The van der Waals surface area contributed by atoms with E-state index in [9.17, 15) is 9.18 Å². The third kappa shape index (κ3) is 4.44. The van der Waals surface area contributed by atoms with E-state index in [4.69, 9.17) is 16.3 Å². The number of aromatic nitrogens is 2. The van der Waals surface area contributed by atoms with E-state index in [1.807, 2.05) is 47.0 Å². The van der Waals surface area contributed by atoms with Crippen LogP contribution in [-0.4, -0.2) is 22.1 Å². The number of ether oxygens (including phenoxy) is 1. The second-order valence-electron chi connectivity index (χ2n) is 6.68. The molecule has 4 rings (SSSR count). The zero-order valence-corrected chi connectivity index (χ0v) is 16.8. The van der Waals surface area contributed by atoms with Crippen LogP contribution in [0.5, 0.6) is 5.75 Å². The molecule has 1 heterocycles. The molecule has 1 aromatic heterocycles. The van der Waals surface area contributed by atoms with E-state index in [1.54, 1.807) is 24.3 Å². The van der Waals surface area contributed by atoms with Crippen molar-refractivity contribution in [3.63, 3.8) is 0 Å². The summed E-state index contributed by atoms with van der Waals surface area (Å²) in [6.45, 7) is 0.277. The molecular weight excluding hydrogens is 405 g/mol. The highest BCUT2D eigenvalue weighted by Crippen LogP contribution is 2.24. The minimum atomic E-state index is -0.383. The van der Waals surface area contributed by atoms with E-state index < -0.39 is 0 Å². The van der Waals surface area contributed by atoms with Crippen LogP contribution in [0, 0.1) is 5.82 Å². The molecule has 0 bridgehead atoms. The molecule has 0 fully saturated rings. The predicted molar refractivity (Wildman–Crippen MR) is 114 cm³/mol. The molecule has 0 aliphatic rings. The normalized spacial score (nSPS) is 10.9. The Morgan fingerprint density at radius 1 is 1.03 bits per heavy atom. The fraction of sp³-hybridized carbons (Fsp3) is 0.130. The predicted octanol–water partition coefficient (Wildman–Crippen LogP) is 4.57. The second kappa shape index (κ2) is 8.97. The van der Waals surface area contributed by atoms with Crippen LogP contribution in [0.25, 0.3) is 11.0 Å². The molecule has 0 saturated heterocycles. The van der Waals surface area contributed by atoms with E-state index in [1.165, 1.54) is 6.07 Å². The first-order valence-electron chi connectivity index (χ1n) is 9.43. The fourth-order valence-corrected chi connectivity index (χ4v) is 3.40. The van der Waals surface area contributed by atoms with Crippen LogP contribution in [0.4, 0.5) is 4.39 Å². The summed E-state index contributed by atoms with van der Waals surface area (Å²) in [5, 5.41) is 3.16. The SMILES string of the molecule is O=C(COc1ccccc1)NCc1nc2ccccc2n1Cc1c(F)cccc1Cl. The number of benzene rings is 3. The number of hydrogen-bond acceptors (Lipinski definition) is 3. The Balaban J connectivity index is 1.52. The van der Waals surface area contributed by atoms with Crippen molar-refractivity contribution in [1.82, 2.24) is 14.9 Å². The van der Waals surface area contributed by atoms with Crippen LogP contribution in [0.1, 0.15) is 11.4 Å². The Kier molecular flexibility index (Phi) is 5.95. The Morgan fingerprint density at radius 3 is 2.60 bits per heavy atom. The largest absolute Gasteiger partial charge is 0.484 e. The number of rotatable bonds is 7. The summed E-state index contributed by atoms with van der Waals surface area (Å²) in [4.78, 5) is 16.8. The van der Waals surface area contributed by atoms with Gasteiger partial charge in [-0.05, 0) is 36.4 Å². The zero-order chi connectivity index (χ0) is 20.9. The molecule has 0 unspecified atom stereocenters. The Bertz CT molecular complexity index is 1160. The molecular formula is C23H19ClFN3O2. The number of carbonyl (C=O) groups excluding carboxylic acids is 1. The first kappa shape index (κ1) is 19.9. The number of carbonyl (C=O) groups is 1. The lowest BCUT2D eigenvalue weighted by Crippen LogP contribution is -2.29. The van der Waals surface area contributed by atoms with Gasteiger partial charge in [-0.3, -0.25) is 4.79 Å². The van der Waals surface area contributed by atoms with Crippen LogP contribution in [0.15, 0.2) is 72.8 Å². The van der Waals surface area contributed by atoms with Crippen LogP contribution in [0.3, 0.4) is 0 Å². The fourth-order valence-electron chi connectivity index (χ4n) is 3.17. The highest BCUT2D eigenvalue weighted by Gasteiger charge is 2.15. The van der Waals surface area contributed by atoms with Crippen molar-refractivity contribution in [3.05, 3.63) is 95.0 Å². The van der Waals surface area contributed by atoms with Crippen molar-refractivity contribution in [2.24, 2.45) is 0 Å². The van der Waals surface area contributed by atoms with Crippen LogP contribution >= 0.6 is 11.6 Å². The third-order valence-corrected chi connectivity index (χ3v) is 5.02. The molecule has 152 valence electrons. The maximum Gasteiger partial charge on any atom is 0.258 e. The van der Waals surface area contributed by atoms with Crippen molar-refractivity contribution in [2.75, 3.05) is 6.61 Å². The van der Waals surface area contributed by atoms with Crippen molar-refractivity contribution >= 4 is 28.5 Å². The van der Waals surface area contributed by atoms with E-state index in [2.05, 4.69) is 10.3 Å². The lowest BCUT2D eigenvalue weighted by Gasteiger charge is -2.12. The molecule has 30 heavy (non-hydrogen) atoms. The maximum atomic E-state index is 14.3. The van der Waals surface area contributed by atoms with Gasteiger partial charge in [-0.2, -0.15) is 0 Å². The zero-order valence-electron chi connectivity index (χ0n) is 16.0. The number of fused-ring (bicyclic) bond motifs is 1. The molecule has 1 amide bonds. The smallest absolute Gasteiger partial charge is 0.258 e. The minimum Gasteiger partial charge on any atom is -0.484 e. The summed E-state index contributed by atoms with van der Waals surface area (Å²) in [7, 11) is 0. The monoisotopic (exact) mass is 423 g/mol. The molecule has 0 saturated carbocycles. The summed E-state index contributed by atoms with van der Waals surface area (Å²) in [5.74, 6) is 0.561. The van der Waals surface area contributed by atoms with Gasteiger partial charge in [-0.1, -0.05) is 48.0 Å². The highest BCUT2D eigenvalue weighted by atomic mass is 35.5. The first-order valence-corrected chi connectivity index (χ1v) is 9.81. The van der Waals surface area contributed by atoms with Gasteiger partial charge in [0.05, 0.1) is 24.1 Å². The number of amides is 1. The van der Waals surface area contributed by atoms with Gasteiger partial charge >= 0.3 is 0 Å². The lowest BCUT2D eigenvalue weighted by atomic mass is 10.2. The maximum absolute atomic E-state index is 14.3. The van der Waals surface area contributed by atoms with Crippen molar-refractivity contribution < 1.29 is 13.9 Å². The van der Waals surface area contributed by atoms with Gasteiger partial charge in [0.1, 0.15) is 17.4 Å². The number of imidazole rings is 1. The van der Waals surface area contributed by atoms with Gasteiger partial charge in [-0.25, -0.2) is 9.37 Å². The summed E-state index contributed by atoms with van der Waals surface area (Å²) in [6, 6.07) is 21.3. The Hall–Kier alpha value is -3.38.